The number of anilines is 1. The molecule has 3 N–H and O–H groups in total. The van der Waals surface area contributed by atoms with Crippen molar-refractivity contribution in [1.82, 2.24) is 20.7 Å². The van der Waals surface area contributed by atoms with E-state index in [4.69, 9.17) is 16.0 Å². The zero-order valence-electron chi connectivity index (χ0n) is 17.5. The highest BCUT2D eigenvalue weighted by molar-refractivity contribution is 6.33. The first kappa shape index (κ1) is 21.2. The van der Waals surface area contributed by atoms with Gasteiger partial charge in [0.1, 0.15) is 11.8 Å². The van der Waals surface area contributed by atoms with Gasteiger partial charge in [0.15, 0.2) is 0 Å². The van der Waals surface area contributed by atoms with Gasteiger partial charge in [0.2, 0.25) is 11.8 Å². The van der Waals surface area contributed by atoms with Gasteiger partial charge in [0.25, 0.3) is 5.91 Å². The van der Waals surface area contributed by atoms with Crippen LogP contribution in [0.15, 0.2) is 28.9 Å². The van der Waals surface area contributed by atoms with Crippen LogP contribution >= 0.6 is 11.6 Å². The van der Waals surface area contributed by atoms with Crippen molar-refractivity contribution in [1.29, 1.82) is 0 Å². The Labute approximate surface area is 184 Å². The summed E-state index contributed by atoms with van der Waals surface area (Å²) in [5, 5.41) is 3.31. The maximum Gasteiger partial charge on any atom is 0.323 e. The number of aryl methyl sites for hydroxylation is 1. The molecule has 1 saturated carbocycles. The Hall–Kier alpha value is -3.07. The topological polar surface area (TPSA) is 117 Å². The molecule has 9 nitrogen and oxygen atoms in total. The van der Waals surface area contributed by atoms with E-state index in [1.807, 2.05) is 6.92 Å². The molecule has 2 bridgehead atoms. The van der Waals surface area contributed by atoms with Crippen molar-refractivity contribution >= 4 is 35.1 Å². The molecule has 1 aliphatic carbocycles. The molecule has 2 unspecified atom stereocenters. The summed E-state index contributed by atoms with van der Waals surface area (Å²) in [7, 11) is 0. The molecule has 0 radical (unpaired) electrons. The fourth-order valence-corrected chi connectivity index (χ4v) is 4.85. The largest absolute Gasteiger partial charge is 0.444 e. The number of halogens is 1. The van der Waals surface area contributed by atoms with Gasteiger partial charge in [0.05, 0.1) is 16.3 Å². The van der Waals surface area contributed by atoms with E-state index >= 15 is 0 Å². The normalized spacial score (nSPS) is 24.2. The molecule has 10 heteroatoms. The van der Waals surface area contributed by atoms with Crippen LogP contribution in [0.1, 0.15) is 38.8 Å². The number of hydrogen-bond donors (Lipinski definition) is 3. The van der Waals surface area contributed by atoms with Crippen LogP contribution < -0.4 is 16.2 Å². The molecule has 1 aliphatic heterocycles. The summed E-state index contributed by atoms with van der Waals surface area (Å²) in [5.41, 5.74) is 5.57. The zero-order chi connectivity index (χ0) is 22.3. The van der Waals surface area contributed by atoms with Gasteiger partial charge in [-0.2, -0.15) is 0 Å². The number of benzene rings is 1. The maximum atomic E-state index is 13.2. The highest BCUT2D eigenvalue weighted by Gasteiger charge is 2.62. The summed E-state index contributed by atoms with van der Waals surface area (Å²) < 4.78 is 5.43. The van der Waals surface area contributed by atoms with Gasteiger partial charge in [-0.05, 0) is 43.9 Å². The lowest BCUT2D eigenvalue weighted by Crippen LogP contribution is -2.77. The molecule has 4 rings (SSSR count). The molecule has 1 aromatic heterocycles. The van der Waals surface area contributed by atoms with Crippen LogP contribution in [-0.4, -0.2) is 39.3 Å². The number of rotatable bonds is 3. The molecule has 4 amide bonds. The van der Waals surface area contributed by atoms with Gasteiger partial charge in [-0.25, -0.2) is 9.78 Å². The van der Waals surface area contributed by atoms with Crippen LogP contribution in [-0.2, 0) is 9.59 Å². The smallest absolute Gasteiger partial charge is 0.323 e. The summed E-state index contributed by atoms with van der Waals surface area (Å²) in [6.45, 7) is 5.18. The molecule has 2 aromatic rings. The van der Waals surface area contributed by atoms with Crippen molar-refractivity contribution in [2.24, 2.45) is 5.92 Å². The first-order valence-corrected chi connectivity index (χ1v) is 10.5. The third-order valence-electron chi connectivity index (χ3n) is 5.82. The maximum absolute atomic E-state index is 13.2. The zero-order valence-corrected chi connectivity index (χ0v) is 18.2. The number of fused-ring (bicyclic) bond motifs is 2. The molecule has 164 valence electrons. The molecule has 2 heterocycles. The minimum atomic E-state index is -0.982. The predicted molar refractivity (Wildman–Crippen MR) is 114 cm³/mol. The van der Waals surface area contributed by atoms with Crippen LogP contribution in [0.4, 0.5) is 10.5 Å². The lowest BCUT2D eigenvalue weighted by atomic mass is 9.64. The van der Waals surface area contributed by atoms with Crippen molar-refractivity contribution in [2.75, 3.05) is 5.32 Å². The Kier molecular flexibility index (Phi) is 5.38. The quantitative estimate of drug-likeness (QED) is 0.627. The molecule has 3 atom stereocenters. The Bertz CT molecular complexity index is 1050. The predicted octanol–water partition coefficient (Wildman–Crippen LogP) is 3.25. The number of oxazole rings is 1. The molecular formula is C21H24ClN5O4. The summed E-state index contributed by atoms with van der Waals surface area (Å²) in [6.07, 6.45) is 3.45. The van der Waals surface area contributed by atoms with Crippen LogP contribution in [0.2, 0.25) is 5.02 Å². The third kappa shape index (κ3) is 3.85. The van der Waals surface area contributed by atoms with Crippen LogP contribution in [0.25, 0.3) is 11.5 Å². The van der Waals surface area contributed by atoms with Crippen LogP contribution in [0.3, 0.4) is 0 Å². The van der Waals surface area contributed by atoms with E-state index < -0.39 is 5.54 Å². The monoisotopic (exact) mass is 445 g/mol. The highest BCUT2D eigenvalue weighted by Crippen LogP contribution is 2.50. The first-order valence-electron chi connectivity index (χ1n) is 10.1. The Balaban J connectivity index is 1.55. The summed E-state index contributed by atoms with van der Waals surface area (Å²) in [5.74, 6) is -0.107. The minimum absolute atomic E-state index is 0.0343. The van der Waals surface area contributed by atoms with E-state index in [2.05, 4.69) is 28.1 Å². The fourth-order valence-electron chi connectivity index (χ4n) is 4.66. The van der Waals surface area contributed by atoms with E-state index in [-0.39, 0.29) is 23.9 Å². The van der Waals surface area contributed by atoms with E-state index in [0.717, 1.165) is 12.1 Å². The van der Waals surface area contributed by atoms with Gasteiger partial charge < -0.3 is 14.6 Å². The number of carbonyl (C=O) groups excluding carboxylic acids is 3. The van der Waals surface area contributed by atoms with E-state index in [1.165, 1.54) is 13.2 Å². The number of amides is 4. The van der Waals surface area contributed by atoms with E-state index in [1.54, 1.807) is 23.1 Å². The van der Waals surface area contributed by atoms with Gasteiger partial charge in [-0.3, -0.25) is 20.4 Å². The molecule has 2 fully saturated rings. The second kappa shape index (κ2) is 7.88. The number of nitrogens with zero attached hydrogens (tertiary/aromatic N) is 2. The number of hydrazine groups is 1. The number of carbonyl (C=O) groups is 3. The lowest BCUT2D eigenvalue weighted by molar-refractivity contribution is -0.157. The van der Waals surface area contributed by atoms with E-state index in [0.29, 0.717) is 40.9 Å². The number of hydrogen-bond acceptors (Lipinski definition) is 5. The number of nitrogens with one attached hydrogen (secondary N) is 3. The summed E-state index contributed by atoms with van der Waals surface area (Å²) in [6, 6.07) is 4.62. The number of likely N-dealkylation sites (tertiary alicyclic amines) is 1. The fraction of sp³-hybridized carbons (Fsp3) is 0.429. The second-order valence-electron chi connectivity index (χ2n) is 8.36. The lowest BCUT2D eigenvalue weighted by Gasteiger charge is -2.61. The molecule has 31 heavy (non-hydrogen) atoms. The first-order chi connectivity index (χ1) is 14.7. The molecule has 0 spiro atoms. The van der Waals surface area contributed by atoms with Gasteiger partial charge in [-0.15, -0.1) is 0 Å². The molecule has 1 saturated heterocycles. The average molecular weight is 446 g/mol. The summed E-state index contributed by atoms with van der Waals surface area (Å²) >= 11 is 6.28. The minimum Gasteiger partial charge on any atom is -0.444 e. The SMILES string of the molecule is CC(=O)NNC(=O)C12CC(C[C@@H](C)C1)N2C(=O)Nc1ccc(Cl)c(-c2nc(C)co2)c1. The third-order valence-corrected chi connectivity index (χ3v) is 6.15. The van der Waals surface area contributed by atoms with Crippen molar-refractivity contribution in [3.63, 3.8) is 0 Å². The van der Waals surface area contributed by atoms with Gasteiger partial charge >= 0.3 is 6.03 Å². The highest BCUT2D eigenvalue weighted by atomic mass is 35.5. The Morgan fingerprint density at radius 3 is 2.71 bits per heavy atom. The Morgan fingerprint density at radius 2 is 2.03 bits per heavy atom. The van der Waals surface area contributed by atoms with Crippen molar-refractivity contribution in [3.05, 3.63) is 35.2 Å². The molecular weight excluding hydrogens is 422 g/mol. The second-order valence-corrected chi connectivity index (χ2v) is 8.77. The average Bonchev–Trinajstić information content (AvgIpc) is 3.12. The number of aromatic nitrogens is 1. The van der Waals surface area contributed by atoms with Gasteiger partial charge in [0, 0.05) is 25.1 Å². The summed E-state index contributed by atoms with van der Waals surface area (Å²) in [4.78, 5) is 43.1. The molecule has 2 aliphatic rings. The molecule has 1 aromatic carbocycles. The van der Waals surface area contributed by atoms with E-state index in [9.17, 15) is 14.4 Å². The van der Waals surface area contributed by atoms with Crippen molar-refractivity contribution < 1.29 is 18.8 Å². The van der Waals surface area contributed by atoms with Crippen molar-refractivity contribution in [2.45, 2.75) is 51.6 Å². The standard InChI is InChI=1S/C21H24ClN5O4/c1-11-6-15-9-21(8-11,19(29)26-25-13(3)28)27(15)20(30)24-14-4-5-17(22)16(7-14)18-23-12(2)10-31-18/h4-5,7,10-11,15H,6,8-9H2,1-3H3,(H,24,30)(H,25,28)(H,26,29)/t11-,15?,21?/m1/s1. The van der Waals surface area contributed by atoms with Crippen LogP contribution in [0, 0.1) is 12.8 Å². The van der Waals surface area contributed by atoms with Gasteiger partial charge in [-0.1, -0.05) is 18.5 Å². The Morgan fingerprint density at radius 1 is 1.26 bits per heavy atom. The number of urea groups is 1. The van der Waals surface area contributed by atoms with Crippen LogP contribution in [0.5, 0.6) is 0 Å². The van der Waals surface area contributed by atoms with Crippen molar-refractivity contribution in [3.8, 4) is 11.5 Å². The number of piperidine rings is 1.